The Morgan fingerprint density at radius 3 is 2.75 bits per heavy atom. The van der Waals surface area contributed by atoms with Gasteiger partial charge >= 0.3 is 0 Å². The highest BCUT2D eigenvalue weighted by Gasteiger charge is 2.37. The normalized spacial score (nSPS) is 26.6. The number of rotatable bonds is 3. The molecule has 128 valence electrons. The van der Waals surface area contributed by atoms with Crippen LogP contribution in [-0.2, 0) is 9.59 Å². The number of carbonyl (C=O) groups excluding carboxylic acids is 2. The van der Waals surface area contributed by atoms with Crippen LogP contribution in [0.5, 0.6) is 0 Å². The van der Waals surface area contributed by atoms with Crippen molar-refractivity contribution in [2.24, 2.45) is 11.8 Å². The second kappa shape index (κ2) is 6.79. The van der Waals surface area contributed by atoms with Gasteiger partial charge in [-0.1, -0.05) is 18.2 Å². The molecule has 1 aromatic carbocycles. The average molecular weight is 344 g/mol. The number of thioether (sulfide) groups is 1. The van der Waals surface area contributed by atoms with Crippen molar-refractivity contribution in [3.05, 3.63) is 29.8 Å². The lowest BCUT2D eigenvalue weighted by Gasteiger charge is -2.34. The molecule has 24 heavy (non-hydrogen) atoms. The molecule has 0 radical (unpaired) electrons. The van der Waals surface area contributed by atoms with Crippen LogP contribution < -0.4 is 5.32 Å². The smallest absolute Gasteiger partial charge is 0.225 e. The van der Waals surface area contributed by atoms with E-state index in [-0.39, 0.29) is 29.7 Å². The molecule has 2 heterocycles. The minimum Gasteiger partial charge on any atom is -0.349 e. The fourth-order valence-electron chi connectivity index (χ4n) is 3.76. The van der Waals surface area contributed by atoms with E-state index in [1.54, 1.807) is 0 Å². The van der Waals surface area contributed by atoms with Crippen LogP contribution >= 0.6 is 11.8 Å². The van der Waals surface area contributed by atoms with E-state index in [0.29, 0.717) is 6.54 Å². The van der Waals surface area contributed by atoms with Crippen LogP contribution in [0.25, 0.3) is 0 Å². The molecule has 1 aliphatic carbocycles. The van der Waals surface area contributed by atoms with Crippen LogP contribution in [0.1, 0.15) is 43.7 Å². The molecule has 0 aromatic heterocycles. The van der Waals surface area contributed by atoms with Gasteiger partial charge in [-0.15, -0.1) is 11.8 Å². The van der Waals surface area contributed by atoms with E-state index < -0.39 is 0 Å². The molecule has 2 atom stereocenters. The van der Waals surface area contributed by atoms with Gasteiger partial charge in [0, 0.05) is 29.7 Å². The first-order valence-corrected chi connectivity index (χ1v) is 10.0. The molecule has 4 nitrogen and oxygen atoms in total. The third-order valence-corrected chi connectivity index (χ3v) is 6.43. The number of piperidine rings is 1. The minimum absolute atomic E-state index is 0.0526. The Balaban J connectivity index is 1.40. The minimum atomic E-state index is -0.0526. The molecular formula is C19H24N2O2S. The van der Waals surface area contributed by atoms with E-state index in [2.05, 4.69) is 23.5 Å². The van der Waals surface area contributed by atoms with Gasteiger partial charge in [0.2, 0.25) is 11.8 Å². The topological polar surface area (TPSA) is 49.4 Å². The van der Waals surface area contributed by atoms with Gasteiger partial charge in [-0.05, 0) is 43.7 Å². The molecule has 0 bridgehead atoms. The molecule has 1 saturated carbocycles. The van der Waals surface area contributed by atoms with Gasteiger partial charge in [0.1, 0.15) is 0 Å². The van der Waals surface area contributed by atoms with Gasteiger partial charge in [-0.2, -0.15) is 0 Å². The third kappa shape index (κ3) is 3.32. The van der Waals surface area contributed by atoms with Gasteiger partial charge in [-0.25, -0.2) is 0 Å². The Hall–Kier alpha value is -1.49. The molecule has 0 spiro atoms. The number of benzene rings is 1. The maximum Gasteiger partial charge on any atom is 0.225 e. The van der Waals surface area contributed by atoms with Crippen LogP contribution in [0.4, 0.5) is 0 Å². The van der Waals surface area contributed by atoms with Crippen LogP contribution in [-0.4, -0.2) is 35.6 Å². The molecule has 4 rings (SSSR count). The second-order valence-corrected chi connectivity index (χ2v) is 8.27. The van der Waals surface area contributed by atoms with E-state index in [1.807, 2.05) is 22.7 Å². The third-order valence-electron chi connectivity index (χ3n) is 5.31. The first-order valence-electron chi connectivity index (χ1n) is 9.03. The Morgan fingerprint density at radius 1 is 1.08 bits per heavy atom. The van der Waals surface area contributed by atoms with Crippen molar-refractivity contribution in [3.8, 4) is 0 Å². The first-order chi connectivity index (χ1) is 11.7. The van der Waals surface area contributed by atoms with Gasteiger partial charge in [0.25, 0.3) is 0 Å². The summed E-state index contributed by atoms with van der Waals surface area (Å²) in [7, 11) is 0. The number of nitrogens with one attached hydrogen (secondary N) is 1. The van der Waals surface area contributed by atoms with Crippen LogP contribution in [0, 0.1) is 11.8 Å². The monoisotopic (exact) mass is 344 g/mol. The fourth-order valence-corrected chi connectivity index (χ4v) is 4.89. The first kappa shape index (κ1) is 16.0. The lowest BCUT2D eigenvalue weighted by molar-refractivity contribution is -0.137. The summed E-state index contributed by atoms with van der Waals surface area (Å²) in [6.45, 7) is 1.42. The summed E-state index contributed by atoms with van der Waals surface area (Å²) in [5.41, 5.74) is 1.24. The summed E-state index contributed by atoms with van der Waals surface area (Å²) in [6, 6.07) is 8.47. The van der Waals surface area contributed by atoms with E-state index in [0.717, 1.165) is 44.4 Å². The molecular weight excluding hydrogens is 320 g/mol. The zero-order valence-electron chi connectivity index (χ0n) is 13.9. The van der Waals surface area contributed by atoms with E-state index in [4.69, 9.17) is 0 Å². The predicted molar refractivity (Wildman–Crippen MR) is 94.7 cm³/mol. The number of hydrogen-bond acceptors (Lipinski definition) is 3. The van der Waals surface area contributed by atoms with Crippen molar-refractivity contribution in [1.82, 2.24) is 10.2 Å². The van der Waals surface area contributed by atoms with E-state index >= 15 is 0 Å². The molecule has 1 N–H and O–H groups in total. The van der Waals surface area contributed by atoms with Crippen molar-refractivity contribution in [3.63, 3.8) is 0 Å². The highest BCUT2D eigenvalue weighted by Crippen LogP contribution is 2.36. The molecule has 2 aliphatic heterocycles. The van der Waals surface area contributed by atoms with Gasteiger partial charge in [-0.3, -0.25) is 9.59 Å². The largest absolute Gasteiger partial charge is 0.349 e. The maximum atomic E-state index is 12.8. The van der Waals surface area contributed by atoms with Gasteiger partial charge in [0.15, 0.2) is 0 Å². The summed E-state index contributed by atoms with van der Waals surface area (Å²) in [5.74, 6) is 1.62. The van der Waals surface area contributed by atoms with Gasteiger partial charge in [0.05, 0.1) is 12.0 Å². The summed E-state index contributed by atoms with van der Waals surface area (Å²) < 4.78 is 0. The Kier molecular flexibility index (Phi) is 4.53. The SMILES string of the molecule is O=C(N[C@H]1CCSc2ccccc21)[C@H]1CCCN(C(=O)C2CC2)C1. The summed E-state index contributed by atoms with van der Waals surface area (Å²) >= 11 is 1.87. The van der Waals surface area contributed by atoms with Gasteiger partial charge < -0.3 is 10.2 Å². The van der Waals surface area contributed by atoms with Crippen molar-refractivity contribution in [2.45, 2.75) is 43.0 Å². The number of nitrogens with zero attached hydrogens (tertiary/aromatic N) is 1. The number of fused-ring (bicyclic) bond motifs is 1. The lowest BCUT2D eigenvalue weighted by atomic mass is 9.95. The summed E-state index contributed by atoms with van der Waals surface area (Å²) in [5, 5.41) is 3.26. The zero-order chi connectivity index (χ0) is 16.5. The summed E-state index contributed by atoms with van der Waals surface area (Å²) in [4.78, 5) is 28.3. The standard InChI is InChI=1S/C19H24N2O2S/c22-18(14-4-3-10-21(12-14)19(23)13-7-8-13)20-16-9-11-24-17-6-2-1-5-15(16)17/h1-2,5-6,13-14,16H,3-4,7-12H2,(H,20,22)/t14-,16-/m0/s1. The van der Waals surface area contributed by atoms with E-state index in [1.165, 1.54) is 10.5 Å². The number of likely N-dealkylation sites (tertiary alicyclic amines) is 1. The molecule has 2 amide bonds. The van der Waals surface area contributed by atoms with Crippen LogP contribution in [0.15, 0.2) is 29.2 Å². The molecule has 1 aromatic rings. The molecule has 1 saturated heterocycles. The average Bonchev–Trinajstić information content (AvgIpc) is 3.47. The summed E-state index contributed by atoms with van der Waals surface area (Å²) in [6.07, 6.45) is 4.87. The molecule has 3 aliphatic rings. The predicted octanol–water partition coefficient (Wildman–Crippen LogP) is 2.99. The number of amides is 2. The van der Waals surface area contributed by atoms with Crippen molar-refractivity contribution in [1.29, 1.82) is 0 Å². The quantitative estimate of drug-likeness (QED) is 0.917. The lowest BCUT2D eigenvalue weighted by Crippen LogP contribution is -2.46. The van der Waals surface area contributed by atoms with E-state index in [9.17, 15) is 9.59 Å². The zero-order valence-corrected chi connectivity index (χ0v) is 14.7. The Bertz CT molecular complexity index is 644. The molecule has 0 unspecified atom stereocenters. The van der Waals surface area contributed by atoms with Crippen molar-refractivity contribution in [2.75, 3.05) is 18.8 Å². The van der Waals surface area contributed by atoms with Crippen molar-refractivity contribution < 1.29 is 9.59 Å². The molecule has 2 fully saturated rings. The van der Waals surface area contributed by atoms with Crippen LogP contribution in [0.2, 0.25) is 0 Å². The van der Waals surface area contributed by atoms with Crippen molar-refractivity contribution >= 4 is 23.6 Å². The second-order valence-electron chi connectivity index (χ2n) is 7.13. The highest BCUT2D eigenvalue weighted by atomic mass is 32.2. The Morgan fingerprint density at radius 2 is 1.92 bits per heavy atom. The maximum absolute atomic E-state index is 12.8. The van der Waals surface area contributed by atoms with Crippen LogP contribution in [0.3, 0.4) is 0 Å². The Labute approximate surface area is 147 Å². The fraction of sp³-hybridized carbons (Fsp3) is 0.579. The number of carbonyl (C=O) groups is 2. The molecule has 5 heteroatoms. The number of hydrogen-bond donors (Lipinski definition) is 1. The highest BCUT2D eigenvalue weighted by molar-refractivity contribution is 7.99.